The molecule has 1 aromatic carbocycles. The Hall–Kier alpha value is -2.08. The fourth-order valence-electron chi connectivity index (χ4n) is 2.00. The Kier molecular flexibility index (Phi) is 5.03. The van der Waals surface area contributed by atoms with Crippen LogP contribution in [0.1, 0.15) is 17.5 Å². The Labute approximate surface area is 134 Å². The van der Waals surface area contributed by atoms with E-state index >= 15 is 0 Å². The van der Waals surface area contributed by atoms with Gasteiger partial charge >= 0.3 is 6.03 Å². The molecule has 0 radical (unpaired) electrons. The van der Waals surface area contributed by atoms with Crippen LogP contribution in [0.25, 0.3) is 5.69 Å². The van der Waals surface area contributed by atoms with Crippen LogP contribution in [-0.4, -0.2) is 36.2 Å². The van der Waals surface area contributed by atoms with Crippen molar-refractivity contribution in [3.05, 3.63) is 39.6 Å². The van der Waals surface area contributed by atoms with Crippen LogP contribution in [0.5, 0.6) is 5.75 Å². The molecule has 0 aliphatic carbocycles. The summed E-state index contributed by atoms with van der Waals surface area (Å²) in [7, 11) is 3.39. The van der Waals surface area contributed by atoms with E-state index in [-0.39, 0.29) is 6.03 Å². The second-order valence-electron chi connectivity index (χ2n) is 5.08. The number of carbonyl (C=O) groups is 1. The Balaban J connectivity index is 2.60. The Morgan fingerprint density at radius 2 is 2.09 bits per heavy atom. The fourth-order valence-corrected chi connectivity index (χ4v) is 2.97. The summed E-state index contributed by atoms with van der Waals surface area (Å²) < 4.78 is 7.55. The molecule has 6 heteroatoms. The van der Waals surface area contributed by atoms with Gasteiger partial charge in [0.2, 0.25) is 0 Å². The highest BCUT2D eigenvalue weighted by atomic mass is 32.1. The highest BCUT2D eigenvalue weighted by Crippen LogP contribution is 2.20. The van der Waals surface area contributed by atoms with Crippen molar-refractivity contribution in [2.24, 2.45) is 4.99 Å². The number of hydrogen-bond acceptors (Lipinski definition) is 3. The summed E-state index contributed by atoms with van der Waals surface area (Å²) >= 11 is 1.51. The maximum atomic E-state index is 11.9. The summed E-state index contributed by atoms with van der Waals surface area (Å²) in [5.74, 6) is 0.806. The topological polar surface area (TPSA) is 46.8 Å². The van der Waals surface area contributed by atoms with E-state index in [2.05, 4.69) is 4.99 Å². The number of benzene rings is 1. The van der Waals surface area contributed by atoms with Crippen molar-refractivity contribution in [2.75, 3.05) is 20.7 Å². The molecule has 0 atom stereocenters. The van der Waals surface area contributed by atoms with Crippen molar-refractivity contribution in [2.45, 2.75) is 20.8 Å². The highest BCUT2D eigenvalue weighted by Gasteiger charge is 2.11. The number of aromatic nitrogens is 1. The van der Waals surface area contributed by atoms with Crippen LogP contribution in [0.3, 0.4) is 0 Å². The van der Waals surface area contributed by atoms with Crippen molar-refractivity contribution in [1.82, 2.24) is 9.47 Å². The first kappa shape index (κ1) is 16.3. The zero-order valence-corrected chi connectivity index (χ0v) is 14.4. The van der Waals surface area contributed by atoms with Gasteiger partial charge in [-0.15, -0.1) is 11.3 Å². The van der Waals surface area contributed by atoms with Crippen molar-refractivity contribution < 1.29 is 9.53 Å². The Morgan fingerprint density at radius 1 is 1.36 bits per heavy atom. The zero-order valence-electron chi connectivity index (χ0n) is 13.6. The lowest BCUT2D eigenvalue weighted by atomic mass is 10.3. The molecule has 0 aliphatic heterocycles. The minimum Gasteiger partial charge on any atom is -0.494 e. The van der Waals surface area contributed by atoms with E-state index in [1.54, 1.807) is 14.1 Å². The molecule has 1 aromatic heterocycles. The maximum Gasteiger partial charge on any atom is 0.345 e. The van der Waals surface area contributed by atoms with E-state index in [9.17, 15) is 4.79 Å². The van der Waals surface area contributed by atoms with Crippen molar-refractivity contribution >= 4 is 17.4 Å². The molecule has 0 aliphatic rings. The van der Waals surface area contributed by atoms with Gasteiger partial charge in [0.1, 0.15) is 5.75 Å². The van der Waals surface area contributed by atoms with Gasteiger partial charge in [0, 0.05) is 30.7 Å². The zero-order chi connectivity index (χ0) is 16.3. The smallest absolute Gasteiger partial charge is 0.345 e. The third-order valence-electron chi connectivity index (χ3n) is 3.24. The standard InChI is InChI=1S/C16H21N3O2S/c1-6-21-14-9-7-8-13(10-14)19-11(2)12(3)22-16(19)17-15(20)18(4)5/h7-10H,6H2,1-5H3. The molecule has 0 fully saturated rings. The number of carbonyl (C=O) groups excluding carboxylic acids is 1. The fraction of sp³-hybridized carbons (Fsp3) is 0.375. The molecule has 2 aromatic rings. The van der Waals surface area contributed by atoms with Gasteiger partial charge in [-0.05, 0) is 32.9 Å². The third kappa shape index (κ3) is 3.39. The number of aryl methyl sites for hydroxylation is 1. The molecule has 0 spiro atoms. The van der Waals surface area contributed by atoms with Crippen LogP contribution >= 0.6 is 11.3 Å². The average molecular weight is 319 g/mol. The van der Waals surface area contributed by atoms with Crippen LogP contribution in [-0.2, 0) is 0 Å². The lowest BCUT2D eigenvalue weighted by molar-refractivity contribution is 0.226. The molecule has 22 heavy (non-hydrogen) atoms. The number of amides is 2. The van der Waals surface area contributed by atoms with Gasteiger partial charge in [0.25, 0.3) is 0 Å². The number of ether oxygens (including phenoxy) is 1. The first-order chi connectivity index (χ1) is 10.4. The molecule has 118 valence electrons. The second-order valence-corrected chi connectivity index (χ2v) is 6.26. The normalized spacial score (nSPS) is 11.6. The summed E-state index contributed by atoms with van der Waals surface area (Å²) in [6.45, 7) is 6.63. The van der Waals surface area contributed by atoms with Gasteiger partial charge in [-0.1, -0.05) is 6.07 Å². The predicted octanol–water partition coefficient (Wildman–Crippen LogP) is 3.14. The third-order valence-corrected chi connectivity index (χ3v) is 4.30. The van der Waals surface area contributed by atoms with Crippen LogP contribution in [0.2, 0.25) is 0 Å². The molecule has 0 unspecified atom stereocenters. The molecular weight excluding hydrogens is 298 g/mol. The summed E-state index contributed by atoms with van der Waals surface area (Å²) in [5.41, 5.74) is 2.02. The quantitative estimate of drug-likeness (QED) is 0.872. The highest BCUT2D eigenvalue weighted by molar-refractivity contribution is 7.09. The van der Waals surface area contributed by atoms with Gasteiger partial charge in [0.05, 0.1) is 12.3 Å². The summed E-state index contributed by atoms with van der Waals surface area (Å²) in [6.07, 6.45) is 0. The SMILES string of the molecule is CCOc1cccc(-n2c(C)c(C)sc2=NC(=O)N(C)C)c1. The van der Waals surface area contributed by atoms with E-state index in [0.717, 1.165) is 22.0 Å². The van der Waals surface area contributed by atoms with Crippen molar-refractivity contribution in [1.29, 1.82) is 0 Å². The minimum absolute atomic E-state index is 0.268. The first-order valence-electron chi connectivity index (χ1n) is 7.12. The van der Waals surface area contributed by atoms with Gasteiger partial charge in [-0.2, -0.15) is 4.99 Å². The van der Waals surface area contributed by atoms with E-state index in [1.807, 2.05) is 49.6 Å². The van der Waals surface area contributed by atoms with Gasteiger partial charge in [-0.3, -0.25) is 4.57 Å². The molecule has 0 saturated heterocycles. The van der Waals surface area contributed by atoms with E-state index in [0.29, 0.717) is 11.4 Å². The monoisotopic (exact) mass is 319 g/mol. The largest absolute Gasteiger partial charge is 0.494 e. The number of hydrogen-bond donors (Lipinski definition) is 0. The van der Waals surface area contributed by atoms with Gasteiger partial charge in [-0.25, -0.2) is 4.79 Å². The number of rotatable bonds is 3. The predicted molar refractivity (Wildman–Crippen MR) is 88.9 cm³/mol. The minimum atomic E-state index is -0.268. The molecule has 2 amide bonds. The van der Waals surface area contributed by atoms with E-state index in [1.165, 1.54) is 16.2 Å². The van der Waals surface area contributed by atoms with E-state index in [4.69, 9.17) is 4.74 Å². The molecule has 2 rings (SSSR count). The lowest BCUT2D eigenvalue weighted by Crippen LogP contribution is -2.23. The van der Waals surface area contributed by atoms with Crippen LogP contribution in [0.15, 0.2) is 29.3 Å². The average Bonchev–Trinajstić information content (AvgIpc) is 2.74. The molecule has 5 nitrogen and oxygen atoms in total. The molecule has 0 bridgehead atoms. The van der Waals surface area contributed by atoms with Gasteiger partial charge < -0.3 is 9.64 Å². The maximum absolute atomic E-state index is 11.9. The molecule has 0 saturated carbocycles. The van der Waals surface area contributed by atoms with Crippen LogP contribution < -0.4 is 9.54 Å². The number of urea groups is 1. The molecule has 0 N–H and O–H groups in total. The molecular formula is C16H21N3O2S. The Bertz CT molecular complexity index is 744. The number of thiazole rings is 1. The number of nitrogens with zero attached hydrogens (tertiary/aromatic N) is 3. The van der Waals surface area contributed by atoms with Crippen molar-refractivity contribution in [3.63, 3.8) is 0 Å². The van der Waals surface area contributed by atoms with Gasteiger partial charge in [0.15, 0.2) is 4.80 Å². The molecule has 1 heterocycles. The summed E-state index contributed by atoms with van der Waals surface area (Å²) in [5, 5.41) is 0. The van der Waals surface area contributed by atoms with E-state index < -0.39 is 0 Å². The summed E-state index contributed by atoms with van der Waals surface area (Å²) in [6, 6.07) is 7.54. The Morgan fingerprint density at radius 3 is 2.73 bits per heavy atom. The second kappa shape index (κ2) is 6.79. The summed E-state index contributed by atoms with van der Waals surface area (Å²) in [4.78, 5) is 19.4. The lowest BCUT2D eigenvalue weighted by Gasteiger charge is -2.10. The van der Waals surface area contributed by atoms with Crippen LogP contribution in [0, 0.1) is 13.8 Å². The first-order valence-corrected chi connectivity index (χ1v) is 7.94. The van der Waals surface area contributed by atoms with Crippen molar-refractivity contribution in [3.8, 4) is 11.4 Å². The van der Waals surface area contributed by atoms with Crippen LogP contribution in [0.4, 0.5) is 4.79 Å².